The van der Waals surface area contributed by atoms with Crippen LogP contribution in [0.25, 0.3) is 22.6 Å². The molecule has 0 bridgehead atoms. The summed E-state index contributed by atoms with van der Waals surface area (Å²) in [5.74, 6) is 0.651. The number of imidazole rings is 1. The number of nitrogens with zero attached hydrogens (tertiary/aromatic N) is 2. The molecule has 0 spiro atoms. The molecule has 0 aliphatic carbocycles. The van der Waals surface area contributed by atoms with Crippen LogP contribution in [-0.4, -0.2) is 22.0 Å². The number of aromatic nitrogens is 2. The number of carbonyl (C=O) groups excluding carboxylic acids is 1. The van der Waals surface area contributed by atoms with Gasteiger partial charge in [-0.1, -0.05) is 78.4 Å². The SMILES string of the molecule is C=C/C=C(\C=C/C)CNC(=O)c1c(-c2cc(C)cc(C)c2)nc(-c2ccccc2)n1CC. The molecule has 0 fully saturated rings. The van der Waals surface area contributed by atoms with Gasteiger partial charge in [-0.2, -0.15) is 0 Å². The van der Waals surface area contributed by atoms with E-state index in [0.29, 0.717) is 24.5 Å². The van der Waals surface area contributed by atoms with Gasteiger partial charge in [0.25, 0.3) is 5.91 Å². The van der Waals surface area contributed by atoms with Gasteiger partial charge in [-0.3, -0.25) is 4.79 Å². The summed E-state index contributed by atoms with van der Waals surface area (Å²) in [5.41, 5.74) is 6.48. The van der Waals surface area contributed by atoms with Crippen LogP contribution in [0.3, 0.4) is 0 Å². The smallest absolute Gasteiger partial charge is 0.270 e. The zero-order valence-corrected chi connectivity index (χ0v) is 19.4. The highest BCUT2D eigenvalue weighted by molar-refractivity contribution is 5.99. The van der Waals surface area contributed by atoms with Crippen molar-refractivity contribution in [3.8, 4) is 22.6 Å². The van der Waals surface area contributed by atoms with Gasteiger partial charge in [0.2, 0.25) is 0 Å². The van der Waals surface area contributed by atoms with E-state index >= 15 is 0 Å². The minimum absolute atomic E-state index is 0.143. The molecule has 1 aromatic heterocycles. The number of hydrogen-bond donors (Lipinski definition) is 1. The second-order valence-corrected chi connectivity index (χ2v) is 7.78. The molecule has 3 aromatic rings. The van der Waals surface area contributed by atoms with Gasteiger partial charge >= 0.3 is 0 Å². The molecule has 2 aromatic carbocycles. The first-order chi connectivity index (χ1) is 15.5. The number of nitrogens with one attached hydrogen (secondary N) is 1. The third-order valence-electron chi connectivity index (χ3n) is 5.19. The molecule has 0 saturated carbocycles. The molecule has 0 aliphatic rings. The van der Waals surface area contributed by atoms with Crippen LogP contribution in [0.1, 0.15) is 35.5 Å². The fourth-order valence-electron chi connectivity index (χ4n) is 3.92. The Morgan fingerprint density at radius 1 is 1.09 bits per heavy atom. The van der Waals surface area contributed by atoms with Crippen molar-refractivity contribution in [3.63, 3.8) is 0 Å². The van der Waals surface area contributed by atoms with Gasteiger partial charge in [-0.05, 0) is 45.4 Å². The Hall–Kier alpha value is -3.66. The maximum Gasteiger partial charge on any atom is 0.270 e. The number of benzene rings is 2. The molecule has 0 aliphatic heterocycles. The van der Waals surface area contributed by atoms with Crippen LogP contribution >= 0.6 is 0 Å². The van der Waals surface area contributed by atoms with Crippen molar-refractivity contribution in [2.75, 3.05) is 6.54 Å². The molecule has 164 valence electrons. The Balaban J connectivity index is 2.13. The molecule has 4 heteroatoms. The fourth-order valence-corrected chi connectivity index (χ4v) is 3.92. The number of amides is 1. The first-order valence-electron chi connectivity index (χ1n) is 11.0. The largest absolute Gasteiger partial charge is 0.347 e. The van der Waals surface area contributed by atoms with Crippen LogP contribution in [0.4, 0.5) is 0 Å². The van der Waals surface area contributed by atoms with Gasteiger partial charge < -0.3 is 9.88 Å². The van der Waals surface area contributed by atoms with Crippen LogP contribution in [0.15, 0.2) is 85.0 Å². The summed E-state index contributed by atoms with van der Waals surface area (Å²) >= 11 is 0. The molecule has 0 radical (unpaired) electrons. The number of carbonyl (C=O) groups is 1. The Morgan fingerprint density at radius 3 is 2.38 bits per heavy atom. The highest BCUT2D eigenvalue weighted by atomic mass is 16.2. The maximum atomic E-state index is 13.5. The molecular formula is C28H31N3O. The second-order valence-electron chi connectivity index (χ2n) is 7.78. The standard InChI is InChI=1S/C28H31N3O/c1-6-12-22(13-7-2)19-29-28(32)26-25(24-17-20(4)16-21(5)18-24)30-27(31(26)8-3)23-14-10-9-11-15-23/h6-7,9-18H,1,8,19H2,2-5H3,(H,29,32)/b13-7-,22-12+. The number of aryl methyl sites for hydroxylation is 2. The van der Waals surface area contributed by atoms with E-state index in [9.17, 15) is 4.79 Å². The summed E-state index contributed by atoms with van der Waals surface area (Å²) < 4.78 is 2.00. The van der Waals surface area contributed by atoms with Gasteiger partial charge in [0.05, 0.1) is 0 Å². The average Bonchev–Trinajstić information content (AvgIpc) is 3.17. The van der Waals surface area contributed by atoms with Gasteiger partial charge in [-0.25, -0.2) is 4.98 Å². The molecule has 4 nitrogen and oxygen atoms in total. The Morgan fingerprint density at radius 2 is 1.78 bits per heavy atom. The van der Waals surface area contributed by atoms with Crippen LogP contribution in [0.2, 0.25) is 0 Å². The van der Waals surface area contributed by atoms with E-state index in [0.717, 1.165) is 33.7 Å². The third-order valence-corrected chi connectivity index (χ3v) is 5.19. The average molecular weight is 426 g/mol. The maximum absolute atomic E-state index is 13.5. The van der Waals surface area contributed by atoms with Gasteiger partial charge in [-0.15, -0.1) is 0 Å². The predicted molar refractivity (Wildman–Crippen MR) is 134 cm³/mol. The normalized spacial score (nSPS) is 11.7. The van der Waals surface area contributed by atoms with Gasteiger partial charge in [0, 0.05) is 24.2 Å². The van der Waals surface area contributed by atoms with Crippen LogP contribution in [0.5, 0.6) is 0 Å². The highest BCUT2D eigenvalue weighted by Gasteiger charge is 2.24. The lowest BCUT2D eigenvalue weighted by atomic mass is 10.0. The Kier molecular flexibility index (Phi) is 7.61. The quantitative estimate of drug-likeness (QED) is 0.432. The predicted octanol–water partition coefficient (Wildman–Crippen LogP) is 6.27. The summed E-state index contributed by atoms with van der Waals surface area (Å²) in [6.45, 7) is 12.9. The van der Waals surface area contributed by atoms with Crippen molar-refractivity contribution in [3.05, 3.63) is 102 Å². The van der Waals surface area contributed by atoms with Crippen molar-refractivity contribution in [1.29, 1.82) is 0 Å². The zero-order valence-electron chi connectivity index (χ0n) is 19.4. The van der Waals surface area contributed by atoms with E-state index in [4.69, 9.17) is 4.98 Å². The first kappa shape index (κ1) is 23.0. The summed E-state index contributed by atoms with van der Waals surface area (Å²) in [4.78, 5) is 18.5. The number of hydrogen-bond acceptors (Lipinski definition) is 2. The number of allylic oxidation sites excluding steroid dienone is 3. The Labute approximate surface area is 191 Å². The minimum Gasteiger partial charge on any atom is -0.347 e. The van der Waals surface area contributed by atoms with Crippen LogP contribution in [-0.2, 0) is 6.54 Å². The second kappa shape index (κ2) is 10.6. The summed E-state index contributed by atoms with van der Waals surface area (Å²) in [7, 11) is 0. The van der Waals surface area contributed by atoms with Crippen LogP contribution < -0.4 is 5.32 Å². The van der Waals surface area contributed by atoms with Gasteiger partial charge in [0.1, 0.15) is 17.2 Å². The molecule has 1 amide bonds. The molecule has 0 saturated heterocycles. The van der Waals surface area contributed by atoms with E-state index in [1.165, 1.54) is 0 Å². The van der Waals surface area contributed by atoms with Gasteiger partial charge in [0.15, 0.2) is 0 Å². The van der Waals surface area contributed by atoms with Crippen molar-refractivity contribution < 1.29 is 4.79 Å². The molecule has 32 heavy (non-hydrogen) atoms. The monoisotopic (exact) mass is 425 g/mol. The summed E-state index contributed by atoms with van der Waals surface area (Å²) in [6.07, 6.45) is 7.55. The third kappa shape index (κ3) is 5.14. The van der Waals surface area contributed by atoms with E-state index in [1.54, 1.807) is 6.08 Å². The molecule has 1 heterocycles. The van der Waals surface area contributed by atoms with E-state index in [-0.39, 0.29) is 5.91 Å². The van der Waals surface area contributed by atoms with Crippen LogP contribution in [0, 0.1) is 13.8 Å². The Bertz CT molecular complexity index is 1150. The summed E-state index contributed by atoms with van der Waals surface area (Å²) in [5, 5.41) is 3.08. The summed E-state index contributed by atoms with van der Waals surface area (Å²) in [6, 6.07) is 16.3. The van der Waals surface area contributed by atoms with E-state index in [2.05, 4.69) is 43.9 Å². The van der Waals surface area contributed by atoms with E-state index < -0.39 is 0 Å². The van der Waals surface area contributed by atoms with Crippen molar-refractivity contribution >= 4 is 5.91 Å². The van der Waals surface area contributed by atoms with Crippen molar-refractivity contribution in [1.82, 2.24) is 14.9 Å². The van der Waals surface area contributed by atoms with Crippen molar-refractivity contribution in [2.24, 2.45) is 0 Å². The topological polar surface area (TPSA) is 46.9 Å². The molecule has 1 N–H and O–H groups in total. The van der Waals surface area contributed by atoms with E-state index in [1.807, 2.05) is 67.0 Å². The molecule has 3 rings (SSSR count). The number of rotatable bonds is 8. The van der Waals surface area contributed by atoms with Crippen molar-refractivity contribution in [2.45, 2.75) is 34.2 Å². The molecule has 0 unspecified atom stereocenters. The fraction of sp³-hybridized carbons (Fsp3) is 0.214. The zero-order chi connectivity index (χ0) is 23.1. The highest BCUT2D eigenvalue weighted by Crippen LogP contribution is 2.30. The lowest BCUT2D eigenvalue weighted by molar-refractivity contribution is 0.0949. The molecule has 0 atom stereocenters. The lowest BCUT2D eigenvalue weighted by Gasteiger charge is -2.12. The lowest BCUT2D eigenvalue weighted by Crippen LogP contribution is -2.28. The first-order valence-corrected chi connectivity index (χ1v) is 11.0. The molecular weight excluding hydrogens is 394 g/mol. The minimum atomic E-state index is -0.143.